The van der Waals surface area contributed by atoms with Gasteiger partial charge in [-0.3, -0.25) is 9.48 Å². The molecule has 0 aliphatic heterocycles. The molecule has 0 aliphatic rings. The molecular weight excluding hydrogens is 371 g/mol. The van der Waals surface area contributed by atoms with Crippen LogP contribution in [0.15, 0.2) is 16.8 Å². The predicted molar refractivity (Wildman–Crippen MR) is 93.1 cm³/mol. The van der Waals surface area contributed by atoms with Crippen molar-refractivity contribution in [3.05, 3.63) is 18.0 Å². The van der Waals surface area contributed by atoms with E-state index in [2.05, 4.69) is 14.2 Å². The lowest BCUT2D eigenvalue weighted by molar-refractivity contribution is -0.182. The summed E-state index contributed by atoms with van der Waals surface area (Å²) in [5.41, 5.74) is 0.334. The van der Waals surface area contributed by atoms with E-state index < -0.39 is 47.0 Å². The Morgan fingerprint density at radius 2 is 2.00 bits per heavy atom. The number of hydrogen-bond acceptors (Lipinski definition) is 5. The summed E-state index contributed by atoms with van der Waals surface area (Å²) < 4.78 is 61.9. The van der Waals surface area contributed by atoms with Crippen LogP contribution < -0.4 is 0 Å². The Labute approximate surface area is 154 Å². The van der Waals surface area contributed by atoms with Gasteiger partial charge in [-0.05, 0) is 27.7 Å². The largest absolute Gasteiger partial charge is 0.591 e. The predicted octanol–water partition coefficient (Wildman–Crippen LogP) is 3.19. The van der Waals surface area contributed by atoms with Gasteiger partial charge in [-0.25, -0.2) is 0 Å². The van der Waals surface area contributed by atoms with Crippen LogP contribution in [-0.4, -0.2) is 43.5 Å². The number of aromatic nitrogens is 2. The number of aryl methyl sites for hydroxylation is 1. The van der Waals surface area contributed by atoms with Crippen LogP contribution in [0, 0.1) is 5.92 Å². The topological polar surface area (TPSA) is 79.5 Å². The molecule has 10 heteroatoms. The van der Waals surface area contributed by atoms with Crippen LogP contribution in [0.3, 0.4) is 0 Å². The molecule has 1 rings (SSSR count). The average Bonchev–Trinajstić information content (AvgIpc) is 2.90. The summed E-state index contributed by atoms with van der Waals surface area (Å²) in [6.45, 7) is 6.55. The van der Waals surface area contributed by atoms with E-state index in [1.54, 1.807) is 27.8 Å². The first-order valence-corrected chi connectivity index (χ1v) is 9.16. The minimum atomic E-state index is -4.63. The molecule has 0 radical (unpaired) electrons. The molecule has 0 N–H and O–H groups in total. The van der Waals surface area contributed by atoms with Gasteiger partial charge in [0.1, 0.15) is 21.8 Å². The Hall–Kier alpha value is -1.55. The fourth-order valence-corrected chi connectivity index (χ4v) is 2.63. The Bertz CT molecular complexity index is 639. The third kappa shape index (κ3) is 6.99. The molecule has 2 atom stereocenters. The first kappa shape index (κ1) is 22.5. The SMILES string of the molecule is CCOC(=O)C[C@@H](C/C(=N/[S@+]([O-])C(C)(C)C)c1cnn(C)c1)C(F)(F)F. The second-order valence-electron chi connectivity index (χ2n) is 6.75. The molecule has 0 spiro atoms. The van der Waals surface area contributed by atoms with Crippen molar-refractivity contribution in [3.8, 4) is 0 Å². The van der Waals surface area contributed by atoms with Gasteiger partial charge < -0.3 is 9.29 Å². The molecule has 0 aliphatic carbocycles. The number of carbonyl (C=O) groups is 1. The zero-order valence-electron chi connectivity index (χ0n) is 15.5. The van der Waals surface area contributed by atoms with Gasteiger partial charge in [-0.15, -0.1) is 0 Å². The van der Waals surface area contributed by atoms with Gasteiger partial charge in [0.15, 0.2) is 0 Å². The van der Waals surface area contributed by atoms with E-state index in [4.69, 9.17) is 0 Å². The van der Waals surface area contributed by atoms with Gasteiger partial charge in [-0.2, -0.15) is 18.3 Å². The second kappa shape index (κ2) is 8.90. The Balaban J connectivity index is 3.19. The number of alkyl halides is 3. The lowest BCUT2D eigenvalue weighted by atomic mass is 9.95. The van der Waals surface area contributed by atoms with Gasteiger partial charge in [0, 0.05) is 25.2 Å². The van der Waals surface area contributed by atoms with E-state index in [1.165, 1.54) is 24.0 Å². The normalized spacial score (nSPS) is 15.7. The Morgan fingerprint density at radius 1 is 1.38 bits per heavy atom. The first-order chi connectivity index (χ1) is 11.8. The third-order valence-electron chi connectivity index (χ3n) is 3.38. The first-order valence-electron chi connectivity index (χ1n) is 8.05. The standard InChI is InChI=1S/C16H24F3N3O3S/c1-6-25-14(23)8-12(16(17,18)19)7-13(11-9-20-22(5)10-11)21-26(24)15(2,3)4/h9-10,12H,6-8H2,1-5H3/b21-13-/t12-,26-/m1/s1. The van der Waals surface area contributed by atoms with E-state index in [0.29, 0.717) is 5.56 Å². The second-order valence-corrected chi connectivity index (χ2v) is 8.66. The van der Waals surface area contributed by atoms with Crippen molar-refractivity contribution >= 4 is 23.0 Å². The number of halogens is 3. The van der Waals surface area contributed by atoms with Crippen molar-refractivity contribution in [3.63, 3.8) is 0 Å². The number of carbonyl (C=O) groups excluding carboxylic acids is 1. The molecule has 0 fully saturated rings. The molecule has 0 saturated carbocycles. The van der Waals surface area contributed by atoms with E-state index >= 15 is 0 Å². The fourth-order valence-electron chi connectivity index (χ4n) is 1.97. The zero-order valence-corrected chi connectivity index (χ0v) is 16.3. The van der Waals surface area contributed by atoms with Crippen molar-refractivity contribution in [2.45, 2.75) is 51.5 Å². The van der Waals surface area contributed by atoms with Gasteiger partial charge in [0.05, 0.1) is 25.1 Å². The van der Waals surface area contributed by atoms with E-state index in [-0.39, 0.29) is 12.3 Å². The summed E-state index contributed by atoms with van der Waals surface area (Å²) >= 11 is -1.75. The number of rotatable bonds is 7. The Morgan fingerprint density at radius 3 is 2.42 bits per heavy atom. The molecule has 0 unspecified atom stereocenters. The van der Waals surface area contributed by atoms with Crippen LogP contribution in [0.1, 0.15) is 46.1 Å². The quantitative estimate of drug-likeness (QED) is 0.403. The maximum Gasteiger partial charge on any atom is 0.392 e. The molecule has 0 aromatic carbocycles. The summed E-state index contributed by atoms with van der Waals surface area (Å²) in [4.78, 5) is 11.6. The lowest BCUT2D eigenvalue weighted by Crippen LogP contribution is -2.31. The van der Waals surface area contributed by atoms with Gasteiger partial charge in [-0.1, -0.05) is 4.40 Å². The molecular formula is C16H24F3N3O3S. The molecule has 1 aromatic rings. The van der Waals surface area contributed by atoms with Crippen molar-refractivity contribution in [2.24, 2.45) is 17.4 Å². The third-order valence-corrected chi connectivity index (χ3v) is 4.81. The maximum absolute atomic E-state index is 13.4. The summed E-state index contributed by atoms with van der Waals surface area (Å²) in [7, 11) is 1.61. The van der Waals surface area contributed by atoms with E-state index in [0.717, 1.165) is 0 Å². The number of esters is 1. The maximum atomic E-state index is 13.4. The smallest absolute Gasteiger partial charge is 0.392 e. The molecule has 1 heterocycles. The summed E-state index contributed by atoms with van der Waals surface area (Å²) in [5, 5.41) is 3.93. The highest BCUT2D eigenvalue weighted by atomic mass is 32.2. The molecule has 148 valence electrons. The van der Waals surface area contributed by atoms with Crippen LogP contribution in [0.4, 0.5) is 13.2 Å². The molecule has 0 bridgehead atoms. The molecule has 6 nitrogen and oxygen atoms in total. The monoisotopic (exact) mass is 395 g/mol. The Kier molecular flexibility index (Phi) is 7.70. The zero-order chi connectivity index (χ0) is 20.1. The summed E-state index contributed by atoms with van der Waals surface area (Å²) in [6.07, 6.45) is -3.18. The van der Waals surface area contributed by atoms with Crippen molar-refractivity contribution < 1.29 is 27.3 Å². The highest BCUT2D eigenvalue weighted by molar-refractivity contribution is 7.91. The summed E-state index contributed by atoms with van der Waals surface area (Å²) in [5.74, 6) is -2.92. The minimum Gasteiger partial charge on any atom is -0.591 e. The average molecular weight is 395 g/mol. The molecule has 0 saturated heterocycles. The van der Waals surface area contributed by atoms with Gasteiger partial charge in [0.25, 0.3) is 0 Å². The van der Waals surface area contributed by atoms with Crippen LogP contribution in [0.25, 0.3) is 0 Å². The van der Waals surface area contributed by atoms with Crippen molar-refractivity contribution in [2.75, 3.05) is 6.61 Å². The molecule has 0 amide bonds. The summed E-state index contributed by atoms with van der Waals surface area (Å²) in [6, 6.07) is 0. The molecule has 1 aromatic heterocycles. The minimum absolute atomic E-state index is 0.000995. The fraction of sp³-hybridized carbons (Fsp3) is 0.688. The number of nitrogens with zero attached hydrogens (tertiary/aromatic N) is 3. The van der Waals surface area contributed by atoms with Gasteiger partial charge in [0.2, 0.25) is 0 Å². The van der Waals surface area contributed by atoms with Crippen LogP contribution >= 0.6 is 0 Å². The molecule has 26 heavy (non-hydrogen) atoms. The van der Waals surface area contributed by atoms with E-state index in [1.807, 2.05) is 0 Å². The highest BCUT2D eigenvalue weighted by Crippen LogP contribution is 2.33. The van der Waals surface area contributed by atoms with Crippen LogP contribution in [-0.2, 0) is 27.9 Å². The number of hydrogen-bond donors (Lipinski definition) is 0. The van der Waals surface area contributed by atoms with Crippen molar-refractivity contribution in [1.29, 1.82) is 0 Å². The highest BCUT2D eigenvalue weighted by Gasteiger charge is 2.42. The lowest BCUT2D eigenvalue weighted by Gasteiger charge is -2.22. The van der Waals surface area contributed by atoms with Gasteiger partial charge >= 0.3 is 12.1 Å². The van der Waals surface area contributed by atoms with Crippen molar-refractivity contribution in [1.82, 2.24) is 9.78 Å². The van der Waals surface area contributed by atoms with E-state index in [9.17, 15) is 22.5 Å². The van der Waals surface area contributed by atoms with Crippen LogP contribution in [0.2, 0.25) is 0 Å². The van der Waals surface area contributed by atoms with Crippen LogP contribution in [0.5, 0.6) is 0 Å². The number of ether oxygens (including phenoxy) is 1.